The number of nitrogens with two attached hydrogens (primary N) is 4. The number of benzene rings is 2. The van der Waals surface area contributed by atoms with Gasteiger partial charge in [-0.15, -0.1) is 17.9 Å². The molecule has 52 heavy (non-hydrogen) atoms. The summed E-state index contributed by atoms with van der Waals surface area (Å²) in [6.07, 6.45) is 1.23. The SMILES string of the molecule is CCCOc1ccc(OC)cc1-c1nc(N)c(N)c(=O)n1OS(=O)(=O)On1c(-c2cc(OC)ccc2OCCC)nc(N)c(N)c1=O.O=S(=O)(O)O. The molecule has 4 aromatic rings. The van der Waals surface area contributed by atoms with Gasteiger partial charge in [-0.2, -0.15) is 8.42 Å². The zero-order valence-corrected chi connectivity index (χ0v) is 29.6. The molecule has 0 amide bonds. The summed E-state index contributed by atoms with van der Waals surface area (Å²) in [6, 6.07) is 8.98. The van der Waals surface area contributed by atoms with Crippen molar-refractivity contribution in [3.05, 3.63) is 57.1 Å². The minimum Gasteiger partial charge on any atom is -0.497 e. The van der Waals surface area contributed by atoms with Gasteiger partial charge in [-0.05, 0) is 49.2 Å². The summed E-state index contributed by atoms with van der Waals surface area (Å²) in [5.41, 5.74) is 19.7. The third-order valence-corrected chi connectivity index (χ3v) is 6.99. The van der Waals surface area contributed by atoms with Gasteiger partial charge in [-0.1, -0.05) is 13.8 Å². The topological polar surface area (TPSA) is 338 Å². The molecule has 0 saturated carbocycles. The molecule has 0 spiro atoms. The number of hydrogen-bond donors (Lipinski definition) is 6. The quantitative estimate of drug-likeness (QED) is 0.0932. The molecule has 0 unspecified atom stereocenters. The predicted molar refractivity (Wildman–Crippen MR) is 186 cm³/mol. The first-order valence-corrected chi connectivity index (χ1v) is 17.4. The average molecular weight is 773 g/mol. The van der Waals surface area contributed by atoms with Crippen LogP contribution in [0.3, 0.4) is 0 Å². The second-order valence-corrected chi connectivity index (χ2v) is 12.1. The van der Waals surface area contributed by atoms with E-state index < -0.39 is 66.6 Å². The van der Waals surface area contributed by atoms with Gasteiger partial charge in [0.15, 0.2) is 23.3 Å². The lowest BCUT2D eigenvalue weighted by atomic mass is 10.1. The van der Waals surface area contributed by atoms with Crippen molar-refractivity contribution in [3.8, 4) is 45.8 Å². The lowest BCUT2D eigenvalue weighted by molar-refractivity contribution is 0.176. The third-order valence-electron chi connectivity index (χ3n) is 6.33. The molecule has 10 N–H and O–H groups in total. The van der Waals surface area contributed by atoms with Crippen molar-refractivity contribution >= 4 is 43.8 Å². The van der Waals surface area contributed by atoms with E-state index in [-0.39, 0.29) is 56.8 Å². The van der Waals surface area contributed by atoms with Gasteiger partial charge in [0.1, 0.15) is 34.4 Å². The van der Waals surface area contributed by atoms with Gasteiger partial charge < -0.3 is 41.9 Å². The summed E-state index contributed by atoms with van der Waals surface area (Å²) in [7, 11) is -7.32. The second kappa shape index (κ2) is 16.8. The summed E-state index contributed by atoms with van der Waals surface area (Å²) >= 11 is 0. The maximum absolute atomic E-state index is 13.5. The van der Waals surface area contributed by atoms with Crippen LogP contribution in [0.25, 0.3) is 22.8 Å². The van der Waals surface area contributed by atoms with Crippen LogP contribution in [0.1, 0.15) is 26.7 Å². The van der Waals surface area contributed by atoms with Gasteiger partial charge in [-0.25, -0.2) is 9.97 Å². The smallest absolute Gasteiger partial charge is 0.497 e. The van der Waals surface area contributed by atoms with Crippen LogP contribution in [0.2, 0.25) is 0 Å². The fourth-order valence-electron chi connectivity index (χ4n) is 4.04. The van der Waals surface area contributed by atoms with Crippen LogP contribution in [-0.4, -0.2) is 72.8 Å². The third kappa shape index (κ3) is 10.1. The highest BCUT2D eigenvalue weighted by Gasteiger charge is 2.29. The maximum Gasteiger partial charge on any atom is 0.540 e. The average Bonchev–Trinajstić information content (AvgIpc) is 3.09. The predicted octanol–water partition coefficient (Wildman–Crippen LogP) is 0.207. The van der Waals surface area contributed by atoms with Crippen LogP contribution >= 0.6 is 0 Å². The molecule has 4 rings (SSSR count). The van der Waals surface area contributed by atoms with Gasteiger partial charge in [0.05, 0.1) is 38.6 Å². The Balaban J connectivity index is 0.00000136. The van der Waals surface area contributed by atoms with E-state index in [2.05, 4.69) is 9.97 Å². The van der Waals surface area contributed by atoms with Crippen molar-refractivity contribution in [2.24, 2.45) is 0 Å². The molecule has 2 aromatic carbocycles. The number of aromatic nitrogens is 4. The highest BCUT2D eigenvalue weighted by atomic mass is 32.3. The van der Waals surface area contributed by atoms with Crippen molar-refractivity contribution in [1.82, 2.24) is 19.4 Å². The Hall–Kier alpha value is -5.98. The highest BCUT2D eigenvalue weighted by molar-refractivity contribution is 7.82. The summed E-state index contributed by atoms with van der Waals surface area (Å²) in [4.78, 5) is 34.8. The molecule has 0 radical (unpaired) electrons. The number of nitrogens with zero attached hydrogens (tertiary/aromatic N) is 4. The van der Waals surface area contributed by atoms with E-state index in [1.807, 2.05) is 13.8 Å². The van der Waals surface area contributed by atoms with Crippen molar-refractivity contribution in [2.75, 3.05) is 50.4 Å². The van der Waals surface area contributed by atoms with Gasteiger partial charge in [-0.3, -0.25) is 27.3 Å². The Morgan fingerprint density at radius 2 is 1.02 bits per heavy atom. The Morgan fingerprint density at radius 1 is 0.673 bits per heavy atom. The zero-order chi connectivity index (χ0) is 39.0. The normalized spacial score (nSPS) is 11.2. The number of methoxy groups -OCH3 is 2. The summed E-state index contributed by atoms with van der Waals surface area (Å²) in [6.45, 7) is 4.24. The standard InChI is InChI=1S/C28H34N8O10S.H2O4S/c1-5-11-43-19-9-7-15(41-3)13-17(19)25-33-23(31)21(29)27(37)35(25)45-47(39,40)46-36-26(34-24(32)22(30)28(36)38)18-14-16(42-4)8-10-20(18)44-12-6-2;1-5(2,3)4/h7-10,13-14H,5-6,11-12,29-32H2,1-4H3;(H2,1,2,3,4). The number of hydrogen-bond acceptors (Lipinski definition) is 18. The second-order valence-electron chi connectivity index (χ2n) is 10.1. The molecular formula is C28H36N8O14S2. The van der Waals surface area contributed by atoms with E-state index in [4.69, 9.17) is 68.0 Å². The maximum atomic E-state index is 13.5. The van der Waals surface area contributed by atoms with Crippen molar-refractivity contribution in [3.63, 3.8) is 0 Å². The van der Waals surface area contributed by atoms with Crippen LogP contribution in [0.5, 0.6) is 23.0 Å². The van der Waals surface area contributed by atoms with Crippen LogP contribution in [0.15, 0.2) is 46.0 Å². The van der Waals surface area contributed by atoms with Crippen LogP contribution in [0, 0.1) is 0 Å². The number of nitrogen functional groups attached to an aromatic ring is 4. The molecule has 284 valence electrons. The van der Waals surface area contributed by atoms with Gasteiger partial charge in [0.2, 0.25) is 0 Å². The monoisotopic (exact) mass is 772 g/mol. The summed E-state index contributed by atoms with van der Waals surface area (Å²) in [5.74, 6) is -0.847. The molecule has 0 aliphatic heterocycles. The first-order valence-electron chi connectivity index (χ1n) is 14.7. The van der Waals surface area contributed by atoms with Crippen LogP contribution < -0.4 is 61.6 Å². The molecule has 2 aromatic heterocycles. The molecule has 0 aliphatic carbocycles. The van der Waals surface area contributed by atoms with E-state index in [0.29, 0.717) is 12.8 Å². The molecule has 2 heterocycles. The molecule has 24 heteroatoms. The highest BCUT2D eigenvalue weighted by Crippen LogP contribution is 2.34. The number of rotatable bonds is 14. The van der Waals surface area contributed by atoms with Crippen molar-refractivity contribution in [2.45, 2.75) is 26.7 Å². The first-order chi connectivity index (χ1) is 24.3. The minimum atomic E-state index is -5.43. The lowest BCUT2D eigenvalue weighted by Gasteiger charge is -2.19. The first kappa shape index (κ1) is 40.4. The number of ether oxygens (including phenoxy) is 4. The number of anilines is 4. The molecule has 0 aliphatic rings. The molecule has 0 fully saturated rings. The fraction of sp³-hybridized carbons (Fsp3) is 0.286. The van der Waals surface area contributed by atoms with E-state index in [1.54, 1.807) is 12.1 Å². The van der Waals surface area contributed by atoms with Crippen LogP contribution in [-0.2, 0) is 20.8 Å². The zero-order valence-electron chi connectivity index (χ0n) is 28.0. The van der Waals surface area contributed by atoms with E-state index >= 15 is 0 Å². The fourth-order valence-corrected chi connectivity index (χ4v) is 4.71. The van der Waals surface area contributed by atoms with Crippen molar-refractivity contribution < 1.29 is 53.5 Å². The molecule has 0 atom stereocenters. The van der Waals surface area contributed by atoms with Crippen LogP contribution in [0.4, 0.5) is 23.0 Å². The molecule has 22 nitrogen and oxygen atoms in total. The molecule has 0 bridgehead atoms. The van der Waals surface area contributed by atoms with Gasteiger partial charge >= 0.3 is 31.9 Å². The summed E-state index contributed by atoms with van der Waals surface area (Å²) < 4.78 is 91.3. The van der Waals surface area contributed by atoms with Gasteiger partial charge in [0.25, 0.3) is 0 Å². The molecule has 0 saturated heterocycles. The summed E-state index contributed by atoms with van der Waals surface area (Å²) in [5, 5.41) is 0. The Bertz CT molecular complexity index is 2120. The van der Waals surface area contributed by atoms with E-state index in [0.717, 1.165) is 0 Å². The Morgan fingerprint density at radius 3 is 1.33 bits per heavy atom. The Labute approximate surface area is 296 Å². The molecular weight excluding hydrogens is 736 g/mol. The van der Waals surface area contributed by atoms with E-state index in [9.17, 15) is 18.0 Å². The van der Waals surface area contributed by atoms with Gasteiger partial charge in [0, 0.05) is 0 Å². The minimum absolute atomic E-state index is 0.0437. The Kier molecular flexibility index (Phi) is 13.1. The van der Waals surface area contributed by atoms with E-state index in [1.165, 1.54) is 38.5 Å². The largest absolute Gasteiger partial charge is 0.540 e. The van der Waals surface area contributed by atoms with Crippen molar-refractivity contribution in [1.29, 1.82) is 0 Å². The lowest BCUT2D eigenvalue weighted by Crippen LogP contribution is -2.42.